The van der Waals surface area contributed by atoms with Crippen molar-refractivity contribution in [1.82, 2.24) is 14.6 Å². The fraction of sp³-hybridized carbons (Fsp3) is 0.600. The Morgan fingerprint density at radius 1 is 1.22 bits per heavy atom. The average molecular weight is 639 g/mol. The highest BCUT2D eigenvalue weighted by molar-refractivity contribution is 5.91. The Balaban J connectivity index is 1.57. The summed E-state index contributed by atoms with van der Waals surface area (Å²) in [6.45, 7) is 15.8. The number of rotatable bonds is 9. The lowest BCUT2D eigenvalue weighted by Crippen LogP contribution is -2.36. The van der Waals surface area contributed by atoms with Crippen LogP contribution in [0.4, 0.5) is 10.2 Å². The summed E-state index contributed by atoms with van der Waals surface area (Å²) in [5.74, 6) is -0.260. The van der Waals surface area contributed by atoms with Crippen LogP contribution in [-0.4, -0.2) is 56.5 Å². The van der Waals surface area contributed by atoms with Gasteiger partial charge in [-0.15, -0.1) is 5.10 Å². The number of hydrogen-bond acceptors (Lipinski definition) is 7. The number of carbonyl (C=O) groups is 2. The Morgan fingerprint density at radius 3 is 2.63 bits per heavy atom. The van der Waals surface area contributed by atoms with E-state index >= 15 is 4.39 Å². The summed E-state index contributed by atoms with van der Waals surface area (Å²) < 4.78 is 35.0. The summed E-state index contributed by atoms with van der Waals surface area (Å²) in [7, 11) is 0. The van der Waals surface area contributed by atoms with Crippen molar-refractivity contribution in [2.24, 2.45) is 17.8 Å². The van der Waals surface area contributed by atoms with Crippen LogP contribution in [0.5, 0.6) is 5.75 Å². The van der Waals surface area contributed by atoms with Gasteiger partial charge in [-0.1, -0.05) is 27.2 Å². The smallest absolute Gasteiger partial charge is 0.337 e. The van der Waals surface area contributed by atoms with Crippen LogP contribution >= 0.6 is 0 Å². The molecule has 46 heavy (non-hydrogen) atoms. The van der Waals surface area contributed by atoms with Gasteiger partial charge >= 0.3 is 5.97 Å². The van der Waals surface area contributed by atoms with E-state index in [1.807, 2.05) is 6.92 Å². The van der Waals surface area contributed by atoms with Gasteiger partial charge in [0.1, 0.15) is 6.61 Å². The van der Waals surface area contributed by atoms with Crippen LogP contribution in [0.1, 0.15) is 95.7 Å². The quantitative estimate of drug-likeness (QED) is 0.261. The van der Waals surface area contributed by atoms with E-state index in [1.165, 1.54) is 10.6 Å². The molecular weight excluding hydrogens is 591 g/mol. The normalized spacial score (nSPS) is 20.8. The van der Waals surface area contributed by atoms with Crippen molar-refractivity contribution in [3.8, 4) is 17.0 Å². The molecule has 2 N–H and O–H groups in total. The number of carbonyl (C=O) groups excluding carboxylic acids is 1. The van der Waals surface area contributed by atoms with E-state index in [9.17, 15) is 14.7 Å². The van der Waals surface area contributed by atoms with Gasteiger partial charge in [-0.25, -0.2) is 18.7 Å². The third-order valence-electron chi connectivity index (χ3n) is 9.14. The Kier molecular flexibility index (Phi) is 9.75. The van der Waals surface area contributed by atoms with Crippen molar-refractivity contribution < 1.29 is 33.3 Å². The third-order valence-corrected chi connectivity index (χ3v) is 9.14. The topological polar surface area (TPSA) is 124 Å². The molecule has 5 rings (SSSR count). The van der Waals surface area contributed by atoms with Gasteiger partial charge in [-0.3, -0.25) is 4.79 Å². The summed E-state index contributed by atoms with van der Waals surface area (Å²) in [5, 5.41) is 17.9. The van der Waals surface area contributed by atoms with E-state index in [1.54, 1.807) is 33.8 Å². The van der Waals surface area contributed by atoms with Gasteiger partial charge in [0.15, 0.2) is 29.1 Å². The second-order valence-electron chi connectivity index (χ2n) is 14.2. The number of halogens is 1. The number of amides is 1. The number of carboxylic acids is 1. The summed E-state index contributed by atoms with van der Waals surface area (Å²) in [5.41, 5.74) is 2.45. The molecule has 1 saturated carbocycles. The second-order valence-corrected chi connectivity index (χ2v) is 14.2. The summed E-state index contributed by atoms with van der Waals surface area (Å²) >= 11 is 0. The monoisotopic (exact) mass is 638 g/mol. The first kappa shape index (κ1) is 33.8. The SMILES string of the molecule is Cc1nc2cc(NC(=O)COC3C[C@@H](C)CC[C@@H]3C(C)C)nn2c(-c2cc(F)c3c(c2C)CCCO3)c1[C@H](OC(C)(C)C)C(=O)O. The number of anilines is 1. The van der Waals surface area contributed by atoms with Crippen molar-refractivity contribution in [2.45, 2.75) is 105 Å². The van der Waals surface area contributed by atoms with Gasteiger partial charge in [0.05, 0.1) is 24.0 Å². The molecule has 1 aliphatic heterocycles. The molecule has 1 fully saturated rings. The van der Waals surface area contributed by atoms with Crippen LogP contribution in [0, 0.1) is 37.4 Å². The maximum Gasteiger partial charge on any atom is 0.337 e. The van der Waals surface area contributed by atoms with E-state index < -0.39 is 23.5 Å². The number of hydrogen-bond donors (Lipinski definition) is 2. The molecule has 3 heterocycles. The minimum absolute atomic E-state index is 0.00988. The number of aliphatic carboxylic acids is 1. The minimum Gasteiger partial charge on any atom is -0.490 e. The number of nitrogens with zero attached hydrogens (tertiary/aromatic N) is 3. The fourth-order valence-electron chi connectivity index (χ4n) is 6.93. The van der Waals surface area contributed by atoms with Gasteiger partial charge in [0.25, 0.3) is 5.91 Å². The molecule has 0 spiro atoms. The lowest BCUT2D eigenvalue weighted by atomic mass is 9.75. The Labute approximate surface area is 270 Å². The van der Waals surface area contributed by atoms with Gasteiger partial charge in [-0.2, -0.15) is 0 Å². The third kappa shape index (κ3) is 7.05. The highest BCUT2D eigenvalue weighted by Gasteiger charge is 2.35. The molecule has 10 nitrogen and oxygen atoms in total. The van der Waals surface area contributed by atoms with Crippen LogP contribution in [0.3, 0.4) is 0 Å². The lowest BCUT2D eigenvalue weighted by molar-refractivity contribution is -0.160. The molecule has 1 amide bonds. The summed E-state index contributed by atoms with van der Waals surface area (Å²) in [6.07, 6.45) is 3.10. The largest absolute Gasteiger partial charge is 0.490 e. The molecule has 1 aliphatic carbocycles. The van der Waals surface area contributed by atoms with Crippen molar-refractivity contribution in [3.63, 3.8) is 0 Å². The maximum absolute atomic E-state index is 15.6. The van der Waals surface area contributed by atoms with E-state index in [4.69, 9.17) is 14.2 Å². The number of aromatic nitrogens is 3. The molecule has 250 valence electrons. The summed E-state index contributed by atoms with van der Waals surface area (Å²) in [6, 6.07) is 2.97. The molecule has 1 aromatic carbocycles. The van der Waals surface area contributed by atoms with E-state index in [2.05, 4.69) is 36.2 Å². The average Bonchev–Trinajstić information content (AvgIpc) is 3.37. The maximum atomic E-state index is 15.6. The molecule has 0 bridgehead atoms. The Hall–Kier alpha value is -3.57. The van der Waals surface area contributed by atoms with Crippen molar-refractivity contribution in [2.75, 3.05) is 18.5 Å². The van der Waals surface area contributed by atoms with Gasteiger partial charge in [0, 0.05) is 28.5 Å². The zero-order valence-electron chi connectivity index (χ0n) is 28.2. The number of ether oxygens (including phenoxy) is 3. The lowest BCUT2D eigenvalue weighted by Gasteiger charge is -2.37. The van der Waals surface area contributed by atoms with Crippen LogP contribution in [0.2, 0.25) is 0 Å². The number of carboxylic acid groups (broad SMARTS) is 1. The predicted octanol–water partition coefficient (Wildman–Crippen LogP) is 6.83. The zero-order chi connectivity index (χ0) is 33.5. The van der Waals surface area contributed by atoms with Crippen molar-refractivity contribution >= 4 is 23.3 Å². The minimum atomic E-state index is -1.43. The first-order valence-electron chi connectivity index (χ1n) is 16.3. The van der Waals surface area contributed by atoms with Crippen LogP contribution < -0.4 is 10.1 Å². The first-order valence-corrected chi connectivity index (χ1v) is 16.3. The molecule has 4 atom stereocenters. The van der Waals surface area contributed by atoms with E-state index in [0.717, 1.165) is 36.8 Å². The van der Waals surface area contributed by atoms with Crippen molar-refractivity contribution in [3.05, 3.63) is 40.3 Å². The van der Waals surface area contributed by atoms with Gasteiger partial charge < -0.3 is 24.6 Å². The van der Waals surface area contributed by atoms with E-state index in [0.29, 0.717) is 53.4 Å². The fourth-order valence-corrected chi connectivity index (χ4v) is 6.93. The molecular formula is C35H47FN4O6. The molecule has 2 aromatic heterocycles. The number of aryl methyl sites for hydroxylation is 1. The molecule has 0 saturated heterocycles. The van der Waals surface area contributed by atoms with Crippen LogP contribution in [0.15, 0.2) is 12.1 Å². The predicted molar refractivity (Wildman–Crippen MR) is 173 cm³/mol. The first-order chi connectivity index (χ1) is 21.6. The standard InChI is InChI=1S/C35H47FN4O6/c1-18(2)22-12-11-19(3)14-26(22)45-17-29(41)38-27-16-28-37-21(5)30(33(34(42)43)46-35(6,7)8)31(40(28)39-27)24-15-25(36)32-23(20(24)4)10-9-13-44-32/h15-16,18-19,22,26,33H,9-14,17H2,1-8H3,(H,42,43)(H,38,39,41)/t19-,22+,26?,33-/m0/s1. The van der Waals surface area contributed by atoms with E-state index in [-0.39, 0.29) is 35.7 Å². The van der Waals surface area contributed by atoms with Crippen LogP contribution in [-0.2, 0) is 25.5 Å². The Bertz CT molecular complexity index is 1630. The molecule has 1 unspecified atom stereocenters. The Morgan fingerprint density at radius 2 is 1.96 bits per heavy atom. The zero-order valence-corrected chi connectivity index (χ0v) is 28.2. The molecule has 2 aliphatic rings. The highest BCUT2D eigenvalue weighted by Crippen LogP contribution is 2.42. The number of fused-ring (bicyclic) bond motifs is 2. The summed E-state index contributed by atoms with van der Waals surface area (Å²) in [4.78, 5) is 30.5. The number of benzene rings is 1. The molecule has 11 heteroatoms. The highest BCUT2D eigenvalue weighted by atomic mass is 19.1. The second kappa shape index (κ2) is 13.3. The van der Waals surface area contributed by atoms with Gasteiger partial charge in [0.2, 0.25) is 0 Å². The van der Waals surface area contributed by atoms with Crippen molar-refractivity contribution in [1.29, 1.82) is 0 Å². The van der Waals surface area contributed by atoms with Crippen LogP contribution in [0.25, 0.3) is 16.9 Å². The number of nitrogens with one attached hydrogen (secondary N) is 1. The van der Waals surface area contributed by atoms with Gasteiger partial charge in [-0.05, 0) is 89.7 Å². The molecule has 3 aromatic rings. The molecule has 0 radical (unpaired) electrons.